The predicted molar refractivity (Wildman–Crippen MR) is 570 cm³/mol. The van der Waals surface area contributed by atoms with E-state index in [9.17, 15) is 0 Å². The van der Waals surface area contributed by atoms with Crippen molar-refractivity contribution >= 4 is 43.9 Å². The van der Waals surface area contributed by atoms with E-state index in [4.69, 9.17) is 53.7 Å². The molecule has 0 saturated carbocycles. The van der Waals surface area contributed by atoms with Gasteiger partial charge in [-0.25, -0.2) is 44.9 Å². The Bertz CT molecular complexity index is 8730. The van der Waals surface area contributed by atoms with Crippen LogP contribution in [0.2, 0.25) is 0 Å². The lowest BCUT2D eigenvalue weighted by Gasteiger charge is -2.24. The standard InChI is InChI=1S/C45H35N3.C42H27N3O2.C42H31N3/c1-44(2)37-19-10-8-15-32(37)34-26-25-31(27-39(34)44)42-46-41(30-23-21-29(22-24-30)28-13-6-5-7-14-28)47-43(48-42)36-18-12-17-35-33-16-9-11-20-38(33)45(3,4)40(35)36;1-42(2)33-15-6-3-10-26(33)29-13-9-14-30(38(29)42)41-44-39(24-18-20-36-31(22-24)27-11-4-7-16-34(27)46-36)43-40(45-41)25-19-21-37-32(23-25)28-12-5-8-17-35(28)47-37;1-42(2)37-24-13-12-21-34(37)35-22-14-23-36(38(35)42)41-44-39(30-19-10-5-11-20-30)43-40(45-41)33-26-31(28-15-6-3-7-16-28)25-32(27-33)29-17-8-4-9-18-29/h5-27H,1-4H3;3-23H,1-2H3;3-27H,1-2H3. The molecule has 140 heavy (non-hydrogen) atoms. The third-order valence-electron chi connectivity index (χ3n) is 29.2. The molecule has 23 aromatic rings. The molecule has 0 spiro atoms. The van der Waals surface area contributed by atoms with Gasteiger partial charge in [0.05, 0.1) is 0 Å². The molecular formula is C129H93N9O2. The zero-order valence-electron chi connectivity index (χ0n) is 78.7. The second kappa shape index (κ2) is 33.3. The Morgan fingerprint density at radius 3 is 0.786 bits per heavy atom. The van der Waals surface area contributed by atoms with E-state index >= 15 is 0 Å². The van der Waals surface area contributed by atoms with Crippen LogP contribution in [-0.2, 0) is 21.7 Å². The molecule has 0 unspecified atom stereocenters. The highest BCUT2D eigenvalue weighted by atomic mass is 16.3. The monoisotopic (exact) mass is 1800 g/mol. The van der Waals surface area contributed by atoms with Crippen LogP contribution < -0.4 is 0 Å². The number of rotatable bonds is 12. The number of para-hydroxylation sites is 2. The van der Waals surface area contributed by atoms with Gasteiger partial charge in [0.1, 0.15) is 22.3 Å². The lowest BCUT2D eigenvalue weighted by molar-refractivity contribution is 0.660. The molecule has 0 N–H and O–H groups in total. The number of benzene rings is 18. The van der Waals surface area contributed by atoms with Crippen molar-refractivity contribution < 1.29 is 8.83 Å². The number of nitrogens with zero attached hydrogens (tertiary/aromatic N) is 9. The summed E-state index contributed by atoms with van der Waals surface area (Å²) in [6.07, 6.45) is 0. The molecule has 5 aromatic heterocycles. The molecule has 27 rings (SSSR count). The minimum absolute atomic E-state index is 0.121. The number of aromatic nitrogens is 9. The molecule has 11 heteroatoms. The second-order valence-electron chi connectivity index (χ2n) is 39.0. The number of fused-ring (bicyclic) bond motifs is 18. The van der Waals surface area contributed by atoms with Gasteiger partial charge in [0, 0.05) is 93.3 Å². The summed E-state index contributed by atoms with van der Waals surface area (Å²) in [5, 5.41) is 4.20. The van der Waals surface area contributed by atoms with Crippen LogP contribution in [0.3, 0.4) is 0 Å². The molecule has 0 bridgehead atoms. The Balaban J connectivity index is 0.000000111. The Morgan fingerprint density at radius 1 is 0.143 bits per heavy atom. The maximum absolute atomic E-state index is 6.14. The summed E-state index contributed by atoms with van der Waals surface area (Å²) in [4.78, 5) is 46.7. The Hall–Kier alpha value is -17.4. The first kappa shape index (κ1) is 84.3. The summed E-state index contributed by atoms with van der Waals surface area (Å²) in [7, 11) is 0. The minimum Gasteiger partial charge on any atom is -0.456 e. The summed E-state index contributed by atoms with van der Waals surface area (Å²) in [6, 6.07) is 147. The van der Waals surface area contributed by atoms with Crippen molar-refractivity contribution in [1.82, 2.24) is 44.9 Å². The van der Waals surface area contributed by atoms with Crippen molar-refractivity contribution in [3.8, 4) is 180 Å². The van der Waals surface area contributed by atoms with Gasteiger partial charge in [0.2, 0.25) is 0 Å². The minimum atomic E-state index is -0.223. The maximum atomic E-state index is 6.14. The normalized spacial score (nSPS) is 13.7. The van der Waals surface area contributed by atoms with Gasteiger partial charge >= 0.3 is 0 Å². The summed E-state index contributed by atoms with van der Waals surface area (Å²) < 4.78 is 12.3. The topological polar surface area (TPSA) is 142 Å². The molecule has 0 atom stereocenters. The molecule has 0 fully saturated rings. The van der Waals surface area contributed by atoms with Crippen LogP contribution in [0.5, 0.6) is 0 Å². The van der Waals surface area contributed by atoms with Gasteiger partial charge < -0.3 is 8.83 Å². The van der Waals surface area contributed by atoms with Crippen LogP contribution >= 0.6 is 0 Å². The van der Waals surface area contributed by atoms with Gasteiger partial charge in [0.15, 0.2) is 52.4 Å². The fourth-order valence-corrected chi connectivity index (χ4v) is 22.3. The largest absolute Gasteiger partial charge is 0.456 e. The molecule has 0 aliphatic heterocycles. The van der Waals surface area contributed by atoms with Crippen molar-refractivity contribution in [3.05, 3.63) is 463 Å². The molecular weight excluding hydrogens is 1710 g/mol. The Morgan fingerprint density at radius 2 is 0.386 bits per heavy atom. The SMILES string of the molecule is CC1(C)c2ccccc2-c2ccc(-c3nc(-c4ccc(-c5ccccc5)cc4)nc(-c4cccc5c4C(C)(C)c4ccccc4-5)n3)cc21.CC1(C)c2ccccc2-c2cccc(-c3nc(-c4ccc5oc6ccccc6c5c4)nc(-c4ccc5oc6ccccc6c5c4)n3)c21.CC1(C)c2ccccc2-c2cccc(-c3nc(-c4ccccc4)nc(-c4cc(-c5ccccc5)cc(-c5ccccc5)c4)n3)c21. The van der Waals surface area contributed by atoms with Crippen LogP contribution in [0.15, 0.2) is 427 Å². The van der Waals surface area contributed by atoms with E-state index in [0.717, 1.165) is 122 Å². The van der Waals surface area contributed by atoms with E-state index in [-0.39, 0.29) is 21.7 Å². The quantitative estimate of drug-likeness (QED) is 0.115. The van der Waals surface area contributed by atoms with Gasteiger partial charge in [-0.15, -0.1) is 0 Å². The first-order valence-electron chi connectivity index (χ1n) is 47.9. The average Bonchev–Trinajstić information content (AvgIpc) is 1.58. The van der Waals surface area contributed by atoms with Crippen LogP contribution in [0.1, 0.15) is 99.9 Å². The van der Waals surface area contributed by atoms with Gasteiger partial charge in [-0.05, 0) is 195 Å². The zero-order chi connectivity index (χ0) is 94.3. The summed E-state index contributed by atoms with van der Waals surface area (Å²) in [5.74, 6) is 5.92. The fourth-order valence-electron chi connectivity index (χ4n) is 22.3. The van der Waals surface area contributed by atoms with Gasteiger partial charge in [-0.1, -0.05) is 401 Å². The molecule has 4 aliphatic rings. The van der Waals surface area contributed by atoms with Crippen LogP contribution in [0, 0.1) is 0 Å². The van der Waals surface area contributed by atoms with E-state index < -0.39 is 0 Å². The fraction of sp³-hybridized carbons (Fsp3) is 0.0930. The van der Waals surface area contributed by atoms with Gasteiger partial charge in [-0.3, -0.25) is 0 Å². The highest BCUT2D eigenvalue weighted by molar-refractivity contribution is 6.08. The van der Waals surface area contributed by atoms with Crippen LogP contribution in [0.25, 0.3) is 224 Å². The van der Waals surface area contributed by atoms with E-state index in [0.29, 0.717) is 52.4 Å². The van der Waals surface area contributed by atoms with Gasteiger partial charge in [0.25, 0.3) is 0 Å². The zero-order valence-corrected chi connectivity index (χ0v) is 78.7. The Kier molecular flexibility index (Phi) is 20.0. The maximum Gasteiger partial charge on any atom is 0.164 e. The molecule has 0 amide bonds. The summed E-state index contributed by atoms with van der Waals surface area (Å²) in [6.45, 7) is 18.4. The highest BCUT2D eigenvalue weighted by Crippen LogP contribution is 2.57. The van der Waals surface area contributed by atoms with Crippen molar-refractivity contribution in [3.63, 3.8) is 0 Å². The van der Waals surface area contributed by atoms with Crippen molar-refractivity contribution in [1.29, 1.82) is 0 Å². The number of furan rings is 2. The van der Waals surface area contributed by atoms with Crippen LogP contribution in [-0.4, -0.2) is 44.9 Å². The lowest BCUT2D eigenvalue weighted by Crippen LogP contribution is -2.17. The Labute approximate surface area is 812 Å². The van der Waals surface area contributed by atoms with Crippen molar-refractivity contribution in [2.24, 2.45) is 0 Å². The summed E-state index contributed by atoms with van der Waals surface area (Å²) in [5.41, 5.74) is 38.8. The molecule has 666 valence electrons. The first-order valence-corrected chi connectivity index (χ1v) is 47.9. The average molecular weight is 1800 g/mol. The number of hydrogen-bond acceptors (Lipinski definition) is 11. The highest BCUT2D eigenvalue weighted by Gasteiger charge is 2.43. The molecule has 5 heterocycles. The molecule has 18 aromatic carbocycles. The molecule has 11 nitrogen and oxygen atoms in total. The molecule has 0 saturated heterocycles. The van der Waals surface area contributed by atoms with E-state index in [2.05, 4.69) is 377 Å². The number of hydrogen-bond donors (Lipinski definition) is 0. The third-order valence-corrected chi connectivity index (χ3v) is 29.2. The van der Waals surface area contributed by atoms with Crippen molar-refractivity contribution in [2.45, 2.75) is 77.0 Å². The lowest BCUT2D eigenvalue weighted by atomic mass is 9.80. The molecule has 4 aliphatic carbocycles. The second-order valence-corrected chi connectivity index (χ2v) is 39.0. The predicted octanol–water partition coefficient (Wildman–Crippen LogP) is 32.6. The third kappa shape index (κ3) is 14.3. The van der Waals surface area contributed by atoms with Crippen LogP contribution in [0.4, 0.5) is 0 Å². The van der Waals surface area contributed by atoms with Gasteiger partial charge in [-0.2, -0.15) is 0 Å². The van der Waals surface area contributed by atoms with E-state index in [1.165, 1.54) is 94.6 Å². The van der Waals surface area contributed by atoms with E-state index in [1.54, 1.807) is 0 Å². The molecule has 0 radical (unpaired) electrons. The first-order chi connectivity index (χ1) is 68.4. The smallest absolute Gasteiger partial charge is 0.164 e. The van der Waals surface area contributed by atoms with E-state index in [1.807, 2.05) is 97.1 Å². The van der Waals surface area contributed by atoms with Crippen molar-refractivity contribution in [2.75, 3.05) is 0 Å². The summed E-state index contributed by atoms with van der Waals surface area (Å²) >= 11 is 0.